The maximum absolute atomic E-state index is 11.5. The number of esters is 1. The molecule has 0 bridgehead atoms. The Morgan fingerprint density at radius 3 is 2.16 bits per heavy atom. The van der Waals surface area contributed by atoms with E-state index in [9.17, 15) is 4.79 Å². The number of hydrogen-bond acceptors (Lipinski definition) is 3. The van der Waals surface area contributed by atoms with Crippen molar-refractivity contribution < 1.29 is 9.53 Å². The molecule has 1 aromatic heterocycles. The highest BCUT2D eigenvalue weighted by Crippen LogP contribution is 2.11. The van der Waals surface area contributed by atoms with Gasteiger partial charge in [0.05, 0.1) is 6.42 Å². The van der Waals surface area contributed by atoms with E-state index < -0.39 is 5.60 Å². The number of nitrogens with zero attached hydrogens (tertiary/aromatic N) is 1. The molecule has 0 aliphatic carbocycles. The van der Waals surface area contributed by atoms with Gasteiger partial charge in [-0.25, -0.2) is 0 Å². The van der Waals surface area contributed by atoms with E-state index in [0.29, 0.717) is 0 Å². The standard InChI is InChI=1S/C12H17NO2.2C2H6/c1-9-10(6-5-7-13-9)8-11(14)15-12(2,3)4;2*1-2/h5-7H,8H2,1-4H3;2*1-2H3. The van der Waals surface area contributed by atoms with Gasteiger partial charge in [0, 0.05) is 11.9 Å². The molecule has 0 N–H and O–H groups in total. The first-order valence-corrected chi connectivity index (χ1v) is 7.01. The fraction of sp³-hybridized carbons (Fsp3) is 0.625. The van der Waals surface area contributed by atoms with Crippen LogP contribution in [0.3, 0.4) is 0 Å². The molecule has 1 aromatic rings. The number of ether oxygens (including phenoxy) is 1. The molecule has 0 saturated carbocycles. The van der Waals surface area contributed by atoms with Crippen LogP contribution in [0.2, 0.25) is 0 Å². The zero-order valence-corrected chi connectivity index (χ0v) is 13.7. The molecule has 1 heterocycles. The van der Waals surface area contributed by atoms with Crippen molar-refractivity contribution in [3.8, 4) is 0 Å². The van der Waals surface area contributed by atoms with Crippen LogP contribution in [0, 0.1) is 6.92 Å². The summed E-state index contributed by atoms with van der Waals surface area (Å²) in [5.41, 5.74) is 1.38. The largest absolute Gasteiger partial charge is 0.460 e. The first kappa shape index (κ1) is 19.9. The summed E-state index contributed by atoms with van der Waals surface area (Å²) in [6, 6.07) is 3.72. The number of rotatable bonds is 2. The van der Waals surface area contributed by atoms with E-state index >= 15 is 0 Å². The highest BCUT2D eigenvalue weighted by atomic mass is 16.6. The normalized spacial score (nSPS) is 9.47. The van der Waals surface area contributed by atoms with Crippen LogP contribution in [0.15, 0.2) is 18.3 Å². The van der Waals surface area contributed by atoms with Gasteiger partial charge in [-0.05, 0) is 39.3 Å². The molecule has 0 amide bonds. The van der Waals surface area contributed by atoms with E-state index in [0.717, 1.165) is 11.3 Å². The van der Waals surface area contributed by atoms with Gasteiger partial charge in [0.25, 0.3) is 0 Å². The number of carbonyl (C=O) groups excluding carboxylic acids is 1. The first-order valence-electron chi connectivity index (χ1n) is 7.01. The number of aromatic nitrogens is 1. The molecule has 19 heavy (non-hydrogen) atoms. The van der Waals surface area contributed by atoms with Gasteiger partial charge in [0.1, 0.15) is 5.60 Å². The van der Waals surface area contributed by atoms with Gasteiger partial charge >= 0.3 is 5.97 Å². The average Bonchev–Trinajstić information content (AvgIpc) is 2.35. The summed E-state index contributed by atoms with van der Waals surface area (Å²) in [6.07, 6.45) is 2.00. The lowest BCUT2D eigenvalue weighted by Gasteiger charge is -2.19. The van der Waals surface area contributed by atoms with Gasteiger partial charge in [-0.1, -0.05) is 33.8 Å². The van der Waals surface area contributed by atoms with Crippen LogP contribution in [-0.2, 0) is 16.0 Å². The molecular weight excluding hydrogens is 238 g/mol. The topological polar surface area (TPSA) is 39.2 Å². The Morgan fingerprint density at radius 2 is 1.74 bits per heavy atom. The van der Waals surface area contributed by atoms with Crippen molar-refractivity contribution in [1.29, 1.82) is 0 Å². The monoisotopic (exact) mass is 267 g/mol. The lowest BCUT2D eigenvalue weighted by atomic mass is 10.1. The van der Waals surface area contributed by atoms with Crippen LogP contribution in [0.1, 0.15) is 59.7 Å². The zero-order valence-electron chi connectivity index (χ0n) is 13.7. The first-order chi connectivity index (χ1) is 8.88. The Bertz CT molecular complexity index is 354. The van der Waals surface area contributed by atoms with E-state index in [-0.39, 0.29) is 12.4 Å². The Labute approximate surface area is 118 Å². The second-order valence-electron chi connectivity index (χ2n) is 4.51. The van der Waals surface area contributed by atoms with Gasteiger partial charge in [0.15, 0.2) is 0 Å². The lowest BCUT2D eigenvalue weighted by Crippen LogP contribution is -2.25. The van der Waals surface area contributed by atoms with Crippen molar-refractivity contribution in [3.63, 3.8) is 0 Å². The summed E-state index contributed by atoms with van der Waals surface area (Å²) in [7, 11) is 0. The molecular formula is C16H29NO2. The fourth-order valence-electron chi connectivity index (χ4n) is 1.24. The molecule has 1 rings (SSSR count). The highest BCUT2D eigenvalue weighted by molar-refractivity contribution is 5.73. The third-order valence-electron chi connectivity index (χ3n) is 1.87. The molecule has 0 unspecified atom stereocenters. The summed E-state index contributed by atoms with van der Waals surface area (Å²) in [5.74, 6) is -0.210. The number of aryl methyl sites for hydroxylation is 1. The second kappa shape index (κ2) is 10.5. The zero-order chi connectivity index (χ0) is 15.5. The fourth-order valence-corrected chi connectivity index (χ4v) is 1.24. The van der Waals surface area contributed by atoms with Gasteiger partial charge in [-0.3, -0.25) is 9.78 Å². The van der Waals surface area contributed by atoms with E-state index in [1.54, 1.807) is 6.20 Å². The minimum Gasteiger partial charge on any atom is -0.460 e. The van der Waals surface area contributed by atoms with Crippen LogP contribution < -0.4 is 0 Å². The van der Waals surface area contributed by atoms with Crippen LogP contribution in [0.25, 0.3) is 0 Å². The van der Waals surface area contributed by atoms with Crippen LogP contribution >= 0.6 is 0 Å². The molecule has 0 spiro atoms. The third kappa shape index (κ3) is 10.2. The quantitative estimate of drug-likeness (QED) is 0.749. The van der Waals surface area contributed by atoms with Gasteiger partial charge in [-0.15, -0.1) is 0 Å². The maximum atomic E-state index is 11.5. The van der Waals surface area contributed by atoms with Gasteiger partial charge in [-0.2, -0.15) is 0 Å². The molecule has 110 valence electrons. The number of hydrogen-bond donors (Lipinski definition) is 0. The van der Waals surface area contributed by atoms with E-state index in [4.69, 9.17) is 4.74 Å². The Hall–Kier alpha value is -1.38. The minimum atomic E-state index is -0.423. The van der Waals surface area contributed by atoms with Gasteiger partial charge < -0.3 is 4.74 Å². The van der Waals surface area contributed by atoms with E-state index in [1.807, 2.05) is 67.5 Å². The average molecular weight is 267 g/mol. The summed E-state index contributed by atoms with van der Waals surface area (Å²) >= 11 is 0. The van der Waals surface area contributed by atoms with E-state index in [2.05, 4.69) is 4.98 Å². The number of carbonyl (C=O) groups is 1. The third-order valence-corrected chi connectivity index (χ3v) is 1.87. The van der Waals surface area contributed by atoms with Crippen LogP contribution in [0.4, 0.5) is 0 Å². The maximum Gasteiger partial charge on any atom is 0.310 e. The molecule has 0 radical (unpaired) electrons. The second-order valence-corrected chi connectivity index (χ2v) is 4.51. The molecule has 0 aromatic carbocycles. The van der Waals surface area contributed by atoms with Crippen molar-refractivity contribution >= 4 is 5.97 Å². The molecule has 0 saturated heterocycles. The molecule has 3 nitrogen and oxygen atoms in total. The molecule has 0 aliphatic rings. The highest BCUT2D eigenvalue weighted by Gasteiger charge is 2.16. The van der Waals surface area contributed by atoms with Crippen molar-refractivity contribution in [3.05, 3.63) is 29.6 Å². The minimum absolute atomic E-state index is 0.210. The van der Waals surface area contributed by atoms with Crippen LogP contribution in [-0.4, -0.2) is 16.6 Å². The van der Waals surface area contributed by atoms with Crippen molar-refractivity contribution in [2.24, 2.45) is 0 Å². The van der Waals surface area contributed by atoms with Crippen molar-refractivity contribution in [2.75, 3.05) is 0 Å². The molecule has 0 atom stereocenters. The summed E-state index contributed by atoms with van der Waals surface area (Å²) in [4.78, 5) is 15.7. The summed E-state index contributed by atoms with van der Waals surface area (Å²) in [5, 5.41) is 0. The van der Waals surface area contributed by atoms with Crippen molar-refractivity contribution in [2.45, 2.75) is 67.4 Å². The van der Waals surface area contributed by atoms with E-state index in [1.165, 1.54) is 0 Å². The summed E-state index contributed by atoms with van der Waals surface area (Å²) < 4.78 is 5.23. The molecule has 3 heteroatoms. The number of pyridine rings is 1. The SMILES string of the molecule is CC.CC.Cc1ncccc1CC(=O)OC(C)(C)C. The van der Waals surface area contributed by atoms with Gasteiger partial charge in [0.2, 0.25) is 0 Å². The predicted octanol–water partition coefficient (Wildman–Crippen LogP) is 4.33. The Balaban J connectivity index is 0. The Morgan fingerprint density at radius 1 is 1.21 bits per heavy atom. The van der Waals surface area contributed by atoms with Crippen LogP contribution in [0.5, 0.6) is 0 Å². The summed E-state index contributed by atoms with van der Waals surface area (Å²) in [6.45, 7) is 15.5. The Kier molecular flexibility index (Phi) is 11.1. The molecule has 0 fully saturated rings. The smallest absolute Gasteiger partial charge is 0.310 e. The van der Waals surface area contributed by atoms with Crippen molar-refractivity contribution in [1.82, 2.24) is 4.98 Å². The molecule has 0 aliphatic heterocycles. The lowest BCUT2D eigenvalue weighted by molar-refractivity contribution is -0.153. The predicted molar refractivity (Wildman–Crippen MR) is 81.2 cm³/mol.